The van der Waals surface area contributed by atoms with Crippen LogP contribution in [0.25, 0.3) is 10.8 Å². The van der Waals surface area contributed by atoms with Crippen LogP contribution in [-0.2, 0) is 14.3 Å². The number of fused-ring (bicyclic) bond motifs is 1. The van der Waals surface area contributed by atoms with Gasteiger partial charge in [-0.25, -0.2) is 0 Å². The molecule has 6 heteroatoms. The molecule has 0 aromatic heterocycles. The molecule has 0 unspecified atom stereocenters. The predicted octanol–water partition coefficient (Wildman–Crippen LogP) is 8.69. The summed E-state index contributed by atoms with van der Waals surface area (Å²) in [6, 6.07) is 9.07. The lowest BCUT2D eigenvalue weighted by molar-refractivity contribution is -0.144. The van der Waals surface area contributed by atoms with Crippen molar-refractivity contribution < 1.29 is 19.1 Å². The molecular weight excluding hydrogens is 459 g/mol. The Kier molecular flexibility index (Phi) is 13.3. The summed E-state index contributed by atoms with van der Waals surface area (Å²) >= 11 is 12.5. The SMILES string of the molecule is CCCCCCCOC(=O)CCCCCCCCC(=O)Oc1c(Cl)cc(Cl)c2ccccc12. The van der Waals surface area contributed by atoms with E-state index >= 15 is 0 Å². The van der Waals surface area contributed by atoms with Gasteiger partial charge in [0.15, 0.2) is 5.75 Å². The Morgan fingerprint density at radius 1 is 0.727 bits per heavy atom. The van der Waals surface area contributed by atoms with Crippen LogP contribution in [-0.4, -0.2) is 18.5 Å². The Morgan fingerprint density at radius 3 is 2.00 bits per heavy atom. The highest BCUT2D eigenvalue weighted by molar-refractivity contribution is 6.40. The van der Waals surface area contributed by atoms with Gasteiger partial charge in [0, 0.05) is 23.6 Å². The largest absolute Gasteiger partial charge is 0.466 e. The Balaban J connectivity index is 1.54. The molecule has 182 valence electrons. The molecule has 0 aliphatic rings. The minimum atomic E-state index is -0.290. The summed E-state index contributed by atoms with van der Waals surface area (Å²) in [6.07, 6.45) is 12.3. The number of hydrogen-bond acceptors (Lipinski definition) is 4. The first-order valence-electron chi connectivity index (χ1n) is 12.3. The summed E-state index contributed by atoms with van der Waals surface area (Å²) in [5, 5.41) is 2.41. The van der Waals surface area contributed by atoms with Crippen LogP contribution in [0.2, 0.25) is 10.0 Å². The lowest BCUT2D eigenvalue weighted by Crippen LogP contribution is -2.08. The second kappa shape index (κ2) is 16.0. The molecule has 0 N–H and O–H groups in total. The highest BCUT2D eigenvalue weighted by Gasteiger charge is 2.14. The van der Waals surface area contributed by atoms with Gasteiger partial charge in [0.05, 0.1) is 16.7 Å². The second-order valence-corrected chi connectivity index (χ2v) is 9.26. The Bertz CT molecular complexity index is 882. The number of esters is 2. The van der Waals surface area contributed by atoms with Crippen molar-refractivity contribution >= 4 is 45.9 Å². The summed E-state index contributed by atoms with van der Waals surface area (Å²) < 4.78 is 10.8. The highest BCUT2D eigenvalue weighted by Crippen LogP contribution is 2.38. The monoisotopic (exact) mass is 494 g/mol. The molecule has 0 radical (unpaired) electrons. The summed E-state index contributed by atoms with van der Waals surface area (Å²) in [6.45, 7) is 2.74. The van der Waals surface area contributed by atoms with E-state index in [4.69, 9.17) is 32.7 Å². The minimum Gasteiger partial charge on any atom is -0.466 e. The minimum absolute atomic E-state index is 0.0818. The van der Waals surface area contributed by atoms with Crippen molar-refractivity contribution in [2.75, 3.05) is 6.61 Å². The molecule has 2 rings (SSSR count). The standard InChI is InChI=1S/C27H36Cl2O4/c1-2-3-4-9-14-19-32-25(30)17-10-7-5-6-8-11-18-26(31)33-27-22-16-13-12-15-21(22)23(28)20-24(27)29/h12-13,15-16,20H,2-11,14,17-19H2,1H3. The van der Waals surface area contributed by atoms with E-state index in [2.05, 4.69) is 6.92 Å². The Labute approximate surface area is 207 Å². The third-order valence-corrected chi connectivity index (χ3v) is 6.23. The quantitative estimate of drug-likeness (QED) is 0.133. The molecule has 0 saturated carbocycles. The summed E-state index contributed by atoms with van der Waals surface area (Å²) in [5.41, 5.74) is 0. The van der Waals surface area contributed by atoms with Gasteiger partial charge in [0.25, 0.3) is 0 Å². The van der Waals surface area contributed by atoms with Gasteiger partial charge in [-0.15, -0.1) is 0 Å². The van der Waals surface area contributed by atoms with Gasteiger partial charge >= 0.3 is 11.9 Å². The fourth-order valence-corrected chi connectivity index (χ4v) is 4.33. The van der Waals surface area contributed by atoms with Gasteiger partial charge in [0.2, 0.25) is 0 Å². The number of unbranched alkanes of at least 4 members (excludes halogenated alkanes) is 9. The maximum absolute atomic E-state index is 12.3. The molecule has 0 saturated heterocycles. The summed E-state index contributed by atoms with van der Waals surface area (Å²) in [4.78, 5) is 24.0. The smallest absolute Gasteiger partial charge is 0.311 e. The van der Waals surface area contributed by atoms with Crippen LogP contribution in [0, 0.1) is 0 Å². The molecule has 0 amide bonds. The van der Waals surface area contributed by atoms with Crippen molar-refractivity contribution in [1.82, 2.24) is 0 Å². The zero-order valence-corrected chi connectivity index (χ0v) is 21.2. The first-order chi connectivity index (χ1) is 16.0. The zero-order chi connectivity index (χ0) is 23.9. The average molecular weight is 495 g/mol. The third kappa shape index (κ3) is 10.4. The van der Waals surface area contributed by atoms with E-state index < -0.39 is 0 Å². The molecule has 0 aliphatic heterocycles. The van der Waals surface area contributed by atoms with Gasteiger partial charge in [-0.3, -0.25) is 9.59 Å². The van der Waals surface area contributed by atoms with E-state index in [-0.39, 0.29) is 11.9 Å². The molecule has 0 aliphatic carbocycles. The fraction of sp³-hybridized carbons (Fsp3) is 0.556. The zero-order valence-electron chi connectivity index (χ0n) is 19.7. The lowest BCUT2D eigenvalue weighted by Gasteiger charge is -2.11. The highest BCUT2D eigenvalue weighted by atomic mass is 35.5. The van der Waals surface area contributed by atoms with Gasteiger partial charge in [0.1, 0.15) is 0 Å². The normalized spacial score (nSPS) is 11.0. The topological polar surface area (TPSA) is 52.6 Å². The molecular formula is C27H36Cl2O4. The predicted molar refractivity (Wildman–Crippen MR) is 136 cm³/mol. The van der Waals surface area contributed by atoms with Gasteiger partial charge in [-0.05, 0) is 25.3 Å². The van der Waals surface area contributed by atoms with E-state index in [1.165, 1.54) is 19.3 Å². The molecule has 0 spiro atoms. The van der Waals surface area contributed by atoms with Crippen LogP contribution in [0.4, 0.5) is 0 Å². The Hall–Kier alpha value is -1.78. The number of halogens is 2. The number of carbonyl (C=O) groups excluding carboxylic acids is 2. The van der Waals surface area contributed by atoms with Gasteiger partial charge < -0.3 is 9.47 Å². The second-order valence-electron chi connectivity index (χ2n) is 8.44. The molecule has 0 atom stereocenters. The molecule has 0 heterocycles. The van der Waals surface area contributed by atoms with Crippen molar-refractivity contribution in [2.45, 2.75) is 90.4 Å². The number of benzene rings is 2. The fourth-order valence-electron chi connectivity index (χ4n) is 3.75. The van der Waals surface area contributed by atoms with Crippen LogP contribution in [0.1, 0.15) is 90.4 Å². The summed E-state index contributed by atoms with van der Waals surface area (Å²) in [5.74, 6) is -0.00190. The lowest BCUT2D eigenvalue weighted by atomic mass is 10.1. The summed E-state index contributed by atoms with van der Waals surface area (Å²) in [7, 11) is 0. The van der Waals surface area contributed by atoms with Gasteiger partial charge in [-0.1, -0.05) is 106 Å². The maximum atomic E-state index is 12.3. The molecule has 0 fully saturated rings. The average Bonchev–Trinajstić information content (AvgIpc) is 2.80. The first-order valence-corrected chi connectivity index (χ1v) is 13.0. The Morgan fingerprint density at radius 2 is 1.30 bits per heavy atom. The van der Waals surface area contributed by atoms with Crippen LogP contribution in [0.3, 0.4) is 0 Å². The molecule has 2 aromatic rings. The van der Waals surface area contributed by atoms with Crippen LogP contribution in [0.15, 0.2) is 30.3 Å². The number of hydrogen-bond donors (Lipinski definition) is 0. The number of ether oxygens (including phenoxy) is 2. The molecule has 33 heavy (non-hydrogen) atoms. The van der Waals surface area contributed by atoms with E-state index in [1.807, 2.05) is 24.3 Å². The first kappa shape index (κ1) is 27.5. The van der Waals surface area contributed by atoms with Crippen molar-refractivity contribution in [3.63, 3.8) is 0 Å². The molecule has 0 bridgehead atoms. The maximum Gasteiger partial charge on any atom is 0.311 e. The number of rotatable bonds is 16. The third-order valence-electron chi connectivity index (χ3n) is 5.64. The number of carbonyl (C=O) groups is 2. The van der Waals surface area contributed by atoms with E-state index in [0.717, 1.165) is 62.1 Å². The van der Waals surface area contributed by atoms with Crippen molar-refractivity contribution in [1.29, 1.82) is 0 Å². The van der Waals surface area contributed by atoms with E-state index in [9.17, 15) is 9.59 Å². The van der Waals surface area contributed by atoms with Crippen LogP contribution < -0.4 is 4.74 Å². The van der Waals surface area contributed by atoms with E-state index in [0.29, 0.717) is 35.2 Å². The van der Waals surface area contributed by atoms with Crippen LogP contribution in [0.5, 0.6) is 5.75 Å². The molecule has 4 nitrogen and oxygen atoms in total. The van der Waals surface area contributed by atoms with Crippen LogP contribution >= 0.6 is 23.2 Å². The molecule has 2 aromatic carbocycles. The van der Waals surface area contributed by atoms with Gasteiger partial charge in [-0.2, -0.15) is 0 Å². The van der Waals surface area contributed by atoms with Crippen molar-refractivity contribution in [3.05, 3.63) is 40.4 Å². The van der Waals surface area contributed by atoms with Crippen molar-refractivity contribution in [2.24, 2.45) is 0 Å². The van der Waals surface area contributed by atoms with Crippen molar-refractivity contribution in [3.8, 4) is 5.75 Å². The van der Waals surface area contributed by atoms with E-state index in [1.54, 1.807) is 6.07 Å².